The molecule has 0 heterocycles. The highest BCUT2D eigenvalue weighted by molar-refractivity contribution is 5.48. The van der Waals surface area contributed by atoms with Gasteiger partial charge >= 0.3 is 0 Å². The zero-order valence-corrected chi connectivity index (χ0v) is 18.1. The lowest BCUT2D eigenvalue weighted by atomic mass is 9.85. The summed E-state index contributed by atoms with van der Waals surface area (Å²) in [6, 6.07) is 8.84. The maximum atomic E-state index is 6.56. The Morgan fingerprint density at radius 1 is 0.615 bits per heavy atom. The molecule has 0 aromatic heterocycles. The van der Waals surface area contributed by atoms with E-state index >= 15 is 0 Å². The minimum Gasteiger partial charge on any atom is -0.496 e. The molecule has 0 radical (unpaired) electrons. The standard InChI is InChI=1S/C24H34O2/c1-15-13-20(14-16(2)21(15)25-10)24(8,9)26-22-17(3)11-19(12-18(22)4)23(5,6)7/h11-14H,1-10H3. The second-order valence-electron chi connectivity index (χ2n) is 8.94. The van der Waals surface area contributed by atoms with E-state index in [4.69, 9.17) is 9.47 Å². The highest BCUT2D eigenvalue weighted by atomic mass is 16.5. The van der Waals surface area contributed by atoms with Gasteiger partial charge in [-0.05, 0) is 92.5 Å². The van der Waals surface area contributed by atoms with Crippen LogP contribution in [0.1, 0.15) is 68.0 Å². The second kappa shape index (κ2) is 6.98. The monoisotopic (exact) mass is 354 g/mol. The summed E-state index contributed by atoms with van der Waals surface area (Å²) >= 11 is 0. The first-order valence-electron chi connectivity index (χ1n) is 9.33. The molecule has 0 amide bonds. The molecule has 26 heavy (non-hydrogen) atoms. The molecular formula is C24H34O2. The van der Waals surface area contributed by atoms with Crippen molar-refractivity contribution in [2.45, 2.75) is 73.3 Å². The quantitative estimate of drug-likeness (QED) is 0.620. The largest absolute Gasteiger partial charge is 0.496 e. The van der Waals surface area contributed by atoms with Gasteiger partial charge in [-0.15, -0.1) is 0 Å². The summed E-state index contributed by atoms with van der Waals surface area (Å²) < 4.78 is 12.1. The van der Waals surface area contributed by atoms with Gasteiger partial charge in [0.2, 0.25) is 0 Å². The van der Waals surface area contributed by atoms with Crippen molar-refractivity contribution in [3.8, 4) is 11.5 Å². The fourth-order valence-corrected chi connectivity index (χ4v) is 3.48. The topological polar surface area (TPSA) is 18.5 Å². The third kappa shape index (κ3) is 4.06. The SMILES string of the molecule is COc1c(C)cc(C(C)(C)Oc2c(C)cc(C(C)(C)C)cc2C)cc1C. The summed E-state index contributed by atoms with van der Waals surface area (Å²) in [5.41, 5.74) is 6.84. The molecule has 0 unspecified atom stereocenters. The number of aryl methyl sites for hydroxylation is 4. The lowest BCUT2D eigenvalue weighted by Gasteiger charge is -2.31. The van der Waals surface area contributed by atoms with Crippen LogP contribution < -0.4 is 9.47 Å². The zero-order valence-electron chi connectivity index (χ0n) is 18.1. The van der Waals surface area contributed by atoms with Crippen molar-refractivity contribution in [1.82, 2.24) is 0 Å². The van der Waals surface area contributed by atoms with Crippen LogP contribution >= 0.6 is 0 Å². The van der Waals surface area contributed by atoms with E-state index in [-0.39, 0.29) is 5.41 Å². The molecule has 2 aromatic carbocycles. The van der Waals surface area contributed by atoms with Crippen LogP contribution in [0.3, 0.4) is 0 Å². The summed E-state index contributed by atoms with van der Waals surface area (Å²) in [5, 5.41) is 0. The van der Waals surface area contributed by atoms with Crippen molar-refractivity contribution < 1.29 is 9.47 Å². The third-order valence-electron chi connectivity index (χ3n) is 5.04. The minimum absolute atomic E-state index is 0.133. The molecule has 0 saturated heterocycles. The molecule has 0 saturated carbocycles. The van der Waals surface area contributed by atoms with Gasteiger partial charge in [0.1, 0.15) is 17.1 Å². The highest BCUT2D eigenvalue weighted by Gasteiger charge is 2.27. The summed E-state index contributed by atoms with van der Waals surface area (Å²) in [7, 11) is 1.72. The van der Waals surface area contributed by atoms with Crippen LogP contribution in [0.4, 0.5) is 0 Å². The number of hydrogen-bond acceptors (Lipinski definition) is 2. The van der Waals surface area contributed by atoms with Gasteiger partial charge in [0.15, 0.2) is 0 Å². The van der Waals surface area contributed by atoms with Gasteiger partial charge in [-0.25, -0.2) is 0 Å². The predicted molar refractivity (Wildman–Crippen MR) is 111 cm³/mol. The molecule has 2 heteroatoms. The molecule has 0 fully saturated rings. The Kier molecular flexibility index (Phi) is 5.46. The van der Waals surface area contributed by atoms with Crippen LogP contribution in [-0.4, -0.2) is 7.11 Å². The van der Waals surface area contributed by atoms with Crippen LogP contribution in [-0.2, 0) is 11.0 Å². The van der Waals surface area contributed by atoms with Crippen molar-refractivity contribution in [1.29, 1.82) is 0 Å². The maximum Gasteiger partial charge on any atom is 0.128 e. The summed E-state index contributed by atoms with van der Waals surface area (Å²) in [4.78, 5) is 0. The van der Waals surface area contributed by atoms with Gasteiger partial charge in [0.05, 0.1) is 7.11 Å². The number of ether oxygens (including phenoxy) is 2. The van der Waals surface area contributed by atoms with Gasteiger partial charge in [-0.3, -0.25) is 0 Å². The number of methoxy groups -OCH3 is 1. The van der Waals surface area contributed by atoms with Crippen molar-refractivity contribution in [3.05, 3.63) is 57.6 Å². The first-order chi connectivity index (χ1) is 11.9. The average Bonchev–Trinajstić information content (AvgIpc) is 2.49. The molecule has 0 aliphatic carbocycles. The van der Waals surface area contributed by atoms with E-state index in [0.717, 1.165) is 28.2 Å². The molecule has 0 atom stereocenters. The Hall–Kier alpha value is -1.96. The number of rotatable bonds is 4. The van der Waals surface area contributed by atoms with Gasteiger partial charge in [0.25, 0.3) is 0 Å². The first-order valence-corrected chi connectivity index (χ1v) is 9.33. The zero-order chi connectivity index (χ0) is 19.9. The molecule has 142 valence electrons. The van der Waals surface area contributed by atoms with E-state index in [1.54, 1.807) is 7.11 Å². The van der Waals surface area contributed by atoms with E-state index in [0.29, 0.717) is 0 Å². The van der Waals surface area contributed by atoms with Gasteiger partial charge in [-0.1, -0.05) is 32.9 Å². The average molecular weight is 355 g/mol. The molecule has 0 spiro atoms. The van der Waals surface area contributed by atoms with Gasteiger partial charge < -0.3 is 9.47 Å². The Balaban J connectivity index is 2.44. The van der Waals surface area contributed by atoms with Crippen molar-refractivity contribution >= 4 is 0 Å². The van der Waals surface area contributed by atoms with Crippen LogP contribution in [0.2, 0.25) is 0 Å². The van der Waals surface area contributed by atoms with Crippen LogP contribution in [0, 0.1) is 27.7 Å². The van der Waals surface area contributed by atoms with Crippen molar-refractivity contribution in [2.75, 3.05) is 7.11 Å². The highest BCUT2D eigenvalue weighted by Crippen LogP contribution is 2.37. The molecule has 2 rings (SSSR count). The Bertz CT molecular complexity index is 761. The van der Waals surface area contributed by atoms with Crippen LogP contribution in [0.15, 0.2) is 24.3 Å². The fraction of sp³-hybridized carbons (Fsp3) is 0.500. The summed E-state index contributed by atoms with van der Waals surface area (Å²) in [6.07, 6.45) is 0. The van der Waals surface area contributed by atoms with E-state index in [9.17, 15) is 0 Å². The second-order valence-corrected chi connectivity index (χ2v) is 8.94. The lowest BCUT2D eigenvalue weighted by molar-refractivity contribution is 0.106. The van der Waals surface area contributed by atoms with E-state index in [1.807, 2.05) is 0 Å². The Labute approximate surface area is 159 Å². The molecule has 2 nitrogen and oxygen atoms in total. The van der Waals surface area contributed by atoms with E-state index < -0.39 is 5.60 Å². The van der Waals surface area contributed by atoms with E-state index in [2.05, 4.69) is 86.6 Å². The molecule has 0 aliphatic heterocycles. The minimum atomic E-state index is -0.430. The van der Waals surface area contributed by atoms with Crippen molar-refractivity contribution in [2.24, 2.45) is 0 Å². The molecule has 0 N–H and O–H groups in total. The van der Waals surface area contributed by atoms with Gasteiger partial charge in [0, 0.05) is 0 Å². The fourth-order valence-electron chi connectivity index (χ4n) is 3.48. The Morgan fingerprint density at radius 3 is 1.38 bits per heavy atom. The van der Waals surface area contributed by atoms with Crippen LogP contribution in [0.25, 0.3) is 0 Å². The normalized spacial score (nSPS) is 12.2. The summed E-state index contributed by atoms with van der Waals surface area (Å²) in [6.45, 7) is 19.4. The molecule has 0 aliphatic rings. The maximum absolute atomic E-state index is 6.56. The number of benzene rings is 2. The molecular weight excluding hydrogens is 320 g/mol. The van der Waals surface area contributed by atoms with E-state index in [1.165, 1.54) is 16.7 Å². The first kappa shape index (κ1) is 20.4. The summed E-state index contributed by atoms with van der Waals surface area (Å²) in [5.74, 6) is 1.93. The lowest BCUT2D eigenvalue weighted by Crippen LogP contribution is -2.26. The smallest absolute Gasteiger partial charge is 0.128 e. The Morgan fingerprint density at radius 2 is 1.00 bits per heavy atom. The molecule has 0 bridgehead atoms. The van der Waals surface area contributed by atoms with Crippen molar-refractivity contribution in [3.63, 3.8) is 0 Å². The van der Waals surface area contributed by atoms with Crippen LogP contribution in [0.5, 0.6) is 11.5 Å². The van der Waals surface area contributed by atoms with Gasteiger partial charge in [-0.2, -0.15) is 0 Å². The third-order valence-corrected chi connectivity index (χ3v) is 5.04. The predicted octanol–water partition coefficient (Wildman–Crippen LogP) is 6.54. The number of hydrogen-bond donors (Lipinski definition) is 0. The molecule has 2 aromatic rings.